The SMILES string of the molecule is CC(C)(C)CC(O)CNC(=O)c1ccc(N)cc1F. The smallest absolute Gasteiger partial charge is 0.254 e. The summed E-state index contributed by atoms with van der Waals surface area (Å²) in [5.74, 6) is -1.21. The van der Waals surface area contributed by atoms with Gasteiger partial charge in [0, 0.05) is 12.2 Å². The molecule has 0 aliphatic carbocycles. The Morgan fingerprint density at radius 3 is 2.63 bits per heavy atom. The molecular weight excluding hydrogens is 247 g/mol. The van der Waals surface area contributed by atoms with Gasteiger partial charge in [-0.2, -0.15) is 0 Å². The van der Waals surface area contributed by atoms with Crippen LogP contribution in [-0.2, 0) is 0 Å². The Morgan fingerprint density at radius 1 is 1.47 bits per heavy atom. The number of aliphatic hydroxyl groups excluding tert-OH is 1. The highest BCUT2D eigenvalue weighted by Gasteiger charge is 2.18. The van der Waals surface area contributed by atoms with Crippen LogP contribution in [0, 0.1) is 11.2 Å². The molecule has 0 saturated carbocycles. The predicted molar refractivity (Wildman–Crippen MR) is 73.2 cm³/mol. The van der Waals surface area contributed by atoms with Crippen molar-refractivity contribution in [1.29, 1.82) is 0 Å². The van der Waals surface area contributed by atoms with Gasteiger partial charge in [0.2, 0.25) is 0 Å². The summed E-state index contributed by atoms with van der Waals surface area (Å²) in [4.78, 5) is 11.7. The number of nitrogen functional groups attached to an aromatic ring is 1. The number of aliphatic hydroxyl groups is 1. The Kier molecular flexibility index (Phi) is 4.89. The lowest BCUT2D eigenvalue weighted by atomic mass is 9.89. The molecule has 1 amide bonds. The van der Waals surface area contributed by atoms with Crippen LogP contribution in [0.2, 0.25) is 0 Å². The van der Waals surface area contributed by atoms with E-state index in [2.05, 4.69) is 5.32 Å². The second kappa shape index (κ2) is 6.02. The minimum absolute atomic E-state index is 0.0312. The van der Waals surface area contributed by atoms with Crippen LogP contribution < -0.4 is 11.1 Å². The van der Waals surface area contributed by atoms with Crippen LogP contribution in [0.5, 0.6) is 0 Å². The van der Waals surface area contributed by atoms with E-state index >= 15 is 0 Å². The first kappa shape index (κ1) is 15.4. The van der Waals surface area contributed by atoms with Crippen molar-refractivity contribution in [2.75, 3.05) is 12.3 Å². The summed E-state index contributed by atoms with van der Waals surface area (Å²) in [6.07, 6.45) is -0.0990. The van der Waals surface area contributed by atoms with Gasteiger partial charge in [0.05, 0.1) is 11.7 Å². The van der Waals surface area contributed by atoms with Crippen molar-refractivity contribution in [3.05, 3.63) is 29.6 Å². The molecule has 1 aromatic carbocycles. The standard InChI is InChI=1S/C14H21FN2O2/c1-14(2,3)7-10(18)8-17-13(19)11-5-4-9(16)6-12(11)15/h4-6,10,18H,7-8,16H2,1-3H3,(H,17,19). The molecule has 0 bridgehead atoms. The number of hydrogen-bond donors (Lipinski definition) is 3. The zero-order chi connectivity index (χ0) is 14.6. The van der Waals surface area contributed by atoms with Gasteiger partial charge in [-0.05, 0) is 30.0 Å². The number of rotatable bonds is 4. The molecule has 0 heterocycles. The summed E-state index contributed by atoms with van der Waals surface area (Å²) < 4.78 is 13.5. The first-order chi connectivity index (χ1) is 8.69. The van der Waals surface area contributed by atoms with Gasteiger partial charge >= 0.3 is 0 Å². The van der Waals surface area contributed by atoms with Gasteiger partial charge in [-0.15, -0.1) is 0 Å². The molecule has 5 heteroatoms. The van der Waals surface area contributed by atoms with Gasteiger partial charge in [0.1, 0.15) is 5.82 Å². The van der Waals surface area contributed by atoms with Gasteiger partial charge in [-0.3, -0.25) is 4.79 Å². The molecule has 1 aromatic rings. The predicted octanol–water partition coefficient (Wildman–Crippen LogP) is 1.93. The highest BCUT2D eigenvalue weighted by molar-refractivity contribution is 5.94. The van der Waals surface area contributed by atoms with E-state index in [1.165, 1.54) is 12.1 Å². The summed E-state index contributed by atoms with van der Waals surface area (Å²) in [7, 11) is 0. The number of halogens is 1. The van der Waals surface area contributed by atoms with Crippen molar-refractivity contribution in [2.45, 2.75) is 33.3 Å². The number of nitrogens with two attached hydrogens (primary N) is 1. The molecule has 4 N–H and O–H groups in total. The number of amides is 1. The zero-order valence-electron chi connectivity index (χ0n) is 11.5. The average molecular weight is 268 g/mol. The molecule has 19 heavy (non-hydrogen) atoms. The fourth-order valence-corrected chi connectivity index (χ4v) is 1.80. The van der Waals surface area contributed by atoms with Crippen LogP contribution in [0.3, 0.4) is 0 Å². The minimum Gasteiger partial charge on any atom is -0.399 e. The molecule has 1 atom stereocenters. The van der Waals surface area contributed by atoms with Crippen molar-refractivity contribution in [1.82, 2.24) is 5.32 Å². The lowest BCUT2D eigenvalue weighted by molar-refractivity contribution is 0.0865. The zero-order valence-corrected chi connectivity index (χ0v) is 11.5. The Balaban J connectivity index is 2.56. The third-order valence-electron chi connectivity index (χ3n) is 2.58. The molecule has 0 spiro atoms. The van der Waals surface area contributed by atoms with Crippen LogP contribution >= 0.6 is 0 Å². The number of carbonyl (C=O) groups excluding carboxylic acids is 1. The lowest BCUT2D eigenvalue weighted by Gasteiger charge is -2.22. The number of carbonyl (C=O) groups is 1. The van der Waals surface area contributed by atoms with Crippen LogP contribution in [0.15, 0.2) is 18.2 Å². The van der Waals surface area contributed by atoms with Gasteiger partial charge in [-0.1, -0.05) is 20.8 Å². The normalized spacial score (nSPS) is 13.1. The van der Waals surface area contributed by atoms with Crippen molar-refractivity contribution < 1.29 is 14.3 Å². The van der Waals surface area contributed by atoms with Crippen LogP contribution in [0.25, 0.3) is 0 Å². The Bertz CT molecular complexity index is 455. The van der Waals surface area contributed by atoms with Crippen LogP contribution in [0.4, 0.5) is 10.1 Å². The van der Waals surface area contributed by atoms with Gasteiger partial charge in [0.15, 0.2) is 0 Å². The molecule has 106 valence electrons. The van der Waals surface area contributed by atoms with E-state index in [0.29, 0.717) is 6.42 Å². The molecule has 0 radical (unpaired) electrons. The van der Waals surface area contributed by atoms with E-state index < -0.39 is 17.8 Å². The number of nitrogens with one attached hydrogen (secondary N) is 1. The quantitative estimate of drug-likeness (QED) is 0.730. The van der Waals surface area contributed by atoms with Crippen molar-refractivity contribution in [3.8, 4) is 0 Å². The molecule has 0 fully saturated rings. The van der Waals surface area contributed by atoms with E-state index in [9.17, 15) is 14.3 Å². The summed E-state index contributed by atoms with van der Waals surface area (Å²) in [6, 6.07) is 3.89. The Morgan fingerprint density at radius 2 is 2.11 bits per heavy atom. The lowest BCUT2D eigenvalue weighted by Crippen LogP contribution is -2.34. The van der Waals surface area contributed by atoms with Crippen LogP contribution in [0.1, 0.15) is 37.6 Å². The van der Waals surface area contributed by atoms with E-state index in [0.717, 1.165) is 6.07 Å². The van der Waals surface area contributed by atoms with E-state index in [-0.39, 0.29) is 23.2 Å². The molecular formula is C14H21FN2O2. The molecule has 0 saturated heterocycles. The van der Waals surface area contributed by atoms with Crippen LogP contribution in [-0.4, -0.2) is 23.7 Å². The minimum atomic E-state index is -0.664. The summed E-state index contributed by atoms with van der Waals surface area (Å²) >= 11 is 0. The second-order valence-electron chi connectivity index (χ2n) is 5.87. The van der Waals surface area contributed by atoms with Gasteiger partial charge in [0.25, 0.3) is 5.91 Å². The van der Waals surface area contributed by atoms with E-state index in [4.69, 9.17) is 5.73 Å². The van der Waals surface area contributed by atoms with Gasteiger partial charge < -0.3 is 16.2 Å². The fourth-order valence-electron chi connectivity index (χ4n) is 1.80. The highest BCUT2D eigenvalue weighted by Crippen LogP contribution is 2.20. The summed E-state index contributed by atoms with van der Waals surface area (Å²) in [6.45, 7) is 6.09. The number of anilines is 1. The Hall–Kier alpha value is -1.62. The maximum Gasteiger partial charge on any atom is 0.254 e. The molecule has 0 aromatic heterocycles. The first-order valence-electron chi connectivity index (χ1n) is 6.20. The molecule has 1 unspecified atom stereocenters. The summed E-state index contributed by atoms with van der Waals surface area (Å²) in [5, 5.41) is 12.3. The van der Waals surface area contributed by atoms with E-state index in [1.807, 2.05) is 20.8 Å². The monoisotopic (exact) mass is 268 g/mol. The number of hydrogen-bond acceptors (Lipinski definition) is 3. The maximum absolute atomic E-state index is 13.5. The highest BCUT2D eigenvalue weighted by atomic mass is 19.1. The van der Waals surface area contributed by atoms with Crippen molar-refractivity contribution in [3.63, 3.8) is 0 Å². The topological polar surface area (TPSA) is 75.3 Å². The largest absolute Gasteiger partial charge is 0.399 e. The second-order valence-corrected chi connectivity index (χ2v) is 5.87. The molecule has 4 nitrogen and oxygen atoms in total. The fraction of sp³-hybridized carbons (Fsp3) is 0.500. The summed E-state index contributed by atoms with van der Waals surface area (Å²) in [5.41, 5.74) is 5.57. The van der Waals surface area contributed by atoms with Crippen molar-refractivity contribution >= 4 is 11.6 Å². The van der Waals surface area contributed by atoms with E-state index in [1.54, 1.807) is 0 Å². The Labute approximate surface area is 112 Å². The third-order valence-corrected chi connectivity index (χ3v) is 2.58. The average Bonchev–Trinajstić information content (AvgIpc) is 2.23. The number of benzene rings is 1. The van der Waals surface area contributed by atoms with Crippen molar-refractivity contribution in [2.24, 2.45) is 5.41 Å². The molecule has 0 aliphatic rings. The van der Waals surface area contributed by atoms with Gasteiger partial charge in [-0.25, -0.2) is 4.39 Å². The third kappa shape index (κ3) is 5.26. The first-order valence-corrected chi connectivity index (χ1v) is 6.20. The molecule has 1 rings (SSSR count). The molecule has 0 aliphatic heterocycles. The maximum atomic E-state index is 13.5.